The van der Waals surface area contributed by atoms with Crippen molar-refractivity contribution in [2.75, 3.05) is 51.6 Å². The highest BCUT2D eigenvalue weighted by Gasteiger charge is 2.28. The molecule has 30 heavy (non-hydrogen) atoms. The Labute approximate surface area is 199 Å². The van der Waals surface area contributed by atoms with Crippen molar-refractivity contribution in [3.8, 4) is 0 Å². The number of benzene rings is 1. The zero-order valence-electron chi connectivity index (χ0n) is 18.6. The second kappa shape index (κ2) is 13.5. The third-order valence-electron chi connectivity index (χ3n) is 4.96. The lowest BCUT2D eigenvalue weighted by atomic mass is 10.1. The highest BCUT2D eigenvalue weighted by Crippen LogP contribution is 2.10. The van der Waals surface area contributed by atoms with Gasteiger partial charge in [-0.05, 0) is 45.2 Å². The number of halogens is 1. The molecule has 0 saturated carbocycles. The zero-order chi connectivity index (χ0) is 21.3. The smallest absolute Gasteiger partial charge is 0.216 e. The third kappa shape index (κ3) is 8.68. The van der Waals surface area contributed by atoms with Crippen molar-refractivity contribution in [2.45, 2.75) is 40.2 Å². The Kier molecular flexibility index (Phi) is 12.2. The lowest BCUT2D eigenvalue weighted by molar-refractivity contribution is 0.0904. The summed E-state index contributed by atoms with van der Waals surface area (Å²) in [6, 6.07) is 8.37. The lowest BCUT2D eigenvalue weighted by Crippen LogP contribution is -2.54. The van der Waals surface area contributed by atoms with Gasteiger partial charge in [0.05, 0.1) is 18.5 Å². The number of ether oxygens (including phenoxy) is 1. The molecule has 1 aliphatic heterocycles. The summed E-state index contributed by atoms with van der Waals surface area (Å²) in [5, 5.41) is 3.34. The number of guanidine groups is 1. The van der Waals surface area contributed by atoms with Gasteiger partial charge in [0.15, 0.2) is 5.96 Å². The summed E-state index contributed by atoms with van der Waals surface area (Å²) in [5.41, 5.74) is 2.60. The molecular formula is C21H37IN4O3S. The van der Waals surface area contributed by atoms with Gasteiger partial charge in [-0.25, -0.2) is 8.42 Å². The van der Waals surface area contributed by atoms with E-state index in [1.165, 1.54) is 11.1 Å². The summed E-state index contributed by atoms with van der Waals surface area (Å²) >= 11 is 0. The van der Waals surface area contributed by atoms with Crippen molar-refractivity contribution in [3.63, 3.8) is 0 Å². The van der Waals surface area contributed by atoms with Crippen molar-refractivity contribution >= 4 is 40.0 Å². The molecule has 0 unspecified atom stereocenters. The molecule has 1 aromatic carbocycles. The first-order valence-electron chi connectivity index (χ1n) is 10.5. The highest BCUT2D eigenvalue weighted by molar-refractivity contribution is 14.0. The van der Waals surface area contributed by atoms with Crippen LogP contribution in [0.2, 0.25) is 0 Å². The minimum atomic E-state index is -3.28. The minimum Gasteiger partial charge on any atom is -0.378 e. The van der Waals surface area contributed by atoms with E-state index < -0.39 is 10.0 Å². The Morgan fingerprint density at radius 2 is 1.87 bits per heavy atom. The predicted octanol–water partition coefficient (Wildman–Crippen LogP) is 2.49. The van der Waals surface area contributed by atoms with Crippen LogP contribution in [-0.2, 0) is 21.2 Å². The first-order chi connectivity index (χ1) is 13.8. The summed E-state index contributed by atoms with van der Waals surface area (Å²) in [6.07, 6.45) is 0.937. The number of hydrogen-bond acceptors (Lipinski definition) is 4. The highest BCUT2D eigenvalue weighted by atomic mass is 127. The second-order valence-electron chi connectivity index (χ2n) is 7.53. The topological polar surface area (TPSA) is 74.2 Å². The summed E-state index contributed by atoms with van der Waals surface area (Å²) in [5.74, 6) is 0.900. The van der Waals surface area contributed by atoms with E-state index in [-0.39, 0.29) is 42.4 Å². The maximum atomic E-state index is 12.5. The molecule has 7 nitrogen and oxygen atoms in total. The van der Waals surface area contributed by atoms with Crippen LogP contribution in [0.5, 0.6) is 0 Å². The summed E-state index contributed by atoms with van der Waals surface area (Å²) in [4.78, 5) is 6.92. The molecular weight excluding hydrogens is 515 g/mol. The average Bonchev–Trinajstić information content (AvgIpc) is 2.68. The molecule has 0 aromatic heterocycles. The normalized spacial score (nSPS) is 15.9. The Hall–Kier alpha value is -0.910. The average molecular weight is 553 g/mol. The SMILES string of the molecule is CCNC(=NCCc1ccccc1C)N1CCN(S(=O)(=O)CCOC(C)C)CC1.I. The number of rotatable bonds is 9. The van der Waals surface area contributed by atoms with E-state index in [1.807, 2.05) is 20.8 Å². The van der Waals surface area contributed by atoms with Crippen LogP contribution >= 0.6 is 24.0 Å². The molecule has 0 spiro atoms. The van der Waals surface area contributed by atoms with Crippen LogP contribution in [-0.4, -0.2) is 81.3 Å². The summed E-state index contributed by atoms with van der Waals surface area (Å²) in [6.45, 7) is 12.0. The van der Waals surface area contributed by atoms with E-state index in [0.29, 0.717) is 32.7 Å². The first kappa shape index (κ1) is 27.1. The lowest BCUT2D eigenvalue weighted by Gasteiger charge is -2.36. The fourth-order valence-electron chi connectivity index (χ4n) is 3.29. The minimum absolute atomic E-state index is 0. The van der Waals surface area contributed by atoms with Gasteiger partial charge in [0, 0.05) is 39.3 Å². The number of piperazine rings is 1. The van der Waals surface area contributed by atoms with E-state index in [1.54, 1.807) is 4.31 Å². The molecule has 9 heteroatoms. The predicted molar refractivity (Wildman–Crippen MR) is 134 cm³/mol. The fourth-order valence-corrected chi connectivity index (χ4v) is 4.58. The van der Waals surface area contributed by atoms with Crippen LogP contribution in [0.3, 0.4) is 0 Å². The molecule has 2 rings (SSSR count). The van der Waals surface area contributed by atoms with Crippen molar-refractivity contribution in [1.82, 2.24) is 14.5 Å². The molecule has 1 aliphatic rings. The summed E-state index contributed by atoms with van der Waals surface area (Å²) in [7, 11) is -3.28. The molecule has 0 bridgehead atoms. The Morgan fingerprint density at radius 3 is 2.47 bits per heavy atom. The van der Waals surface area contributed by atoms with Gasteiger partial charge in [-0.3, -0.25) is 4.99 Å². The standard InChI is InChI=1S/C21H36N4O3S.HI/c1-5-22-21(23-11-10-20-9-7-6-8-19(20)4)24-12-14-25(15-13-24)29(26,27)17-16-28-18(2)3;/h6-9,18H,5,10-17H2,1-4H3,(H,22,23);1H. The number of nitrogens with one attached hydrogen (secondary N) is 1. The van der Waals surface area contributed by atoms with Gasteiger partial charge in [0.25, 0.3) is 0 Å². The number of nitrogens with zero attached hydrogens (tertiary/aromatic N) is 3. The van der Waals surface area contributed by atoms with Crippen LogP contribution in [0.4, 0.5) is 0 Å². The van der Waals surface area contributed by atoms with Crippen LogP contribution in [0.15, 0.2) is 29.3 Å². The van der Waals surface area contributed by atoms with Crippen molar-refractivity contribution in [3.05, 3.63) is 35.4 Å². The van der Waals surface area contributed by atoms with Crippen LogP contribution in [0.25, 0.3) is 0 Å². The quantitative estimate of drug-likeness (QED) is 0.290. The molecule has 1 fully saturated rings. The molecule has 1 heterocycles. The van der Waals surface area contributed by atoms with Gasteiger partial charge >= 0.3 is 0 Å². The van der Waals surface area contributed by atoms with Crippen molar-refractivity contribution in [2.24, 2.45) is 4.99 Å². The van der Waals surface area contributed by atoms with Gasteiger partial charge in [0.2, 0.25) is 10.0 Å². The summed E-state index contributed by atoms with van der Waals surface area (Å²) < 4.78 is 32.0. The monoisotopic (exact) mass is 552 g/mol. The number of aliphatic imine (C=N–C) groups is 1. The molecule has 1 N–H and O–H groups in total. The number of hydrogen-bond donors (Lipinski definition) is 1. The van der Waals surface area contributed by atoms with Crippen LogP contribution in [0.1, 0.15) is 31.9 Å². The molecule has 1 aromatic rings. The molecule has 0 atom stereocenters. The third-order valence-corrected chi connectivity index (χ3v) is 6.80. The van der Waals surface area contributed by atoms with E-state index in [0.717, 1.165) is 18.9 Å². The van der Waals surface area contributed by atoms with Gasteiger partial charge in [0.1, 0.15) is 0 Å². The van der Waals surface area contributed by atoms with E-state index in [2.05, 4.69) is 41.4 Å². The van der Waals surface area contributed by atoms with Crippen LogP contribution < -0.4 is 5.32 Å². The molecule has 0 radical (unpaired) electrons. The van der Waals surface area contributed by atoms with Gasteiger partial charge in [-0.15, -0.1) is 24.0 Å². The first-order valence-corrected chi connectivity index (χ1v) is 12.1. The maximum Gasteiger partial charge on any atom is 0.216 e. The largest absolute Gasteiger partial charge is 0.378 e. The Bertz CT molecular complexity index is 763. The van der Waals surface area contributed by atoms with Crippen molar-refractivity contribution < 1.29 is 13.2 Å². The zero-order valence-corrected chi connectivity index (χ0v) is 21.8. The van der Waals surface area contributed by atoms with Crippen LogP contribution in [0, 0.1) is 6.92 Å². The van der Waals surface area contributed by atoms with Gasteiger partial charge in [-0.1, -0.05) is 24.3 Å². The molecule has 1 saturated heterocycles. The van der Waals surface area contributed by atoms with Gasteiger partial charge < -0.3 is 15.0 Å². The second-order valence-corrected chi connectivity index (χ2v) is 9.62. The van der Waals surface area contributed by atoms with E-state index in [9.17, 15) is 8.42 Å². The fraction of sp³-hybridized carbons (Fsp3) is 0.667. The maximum absolute atomic E-state index is 12.5. The van der Waals surface area contributed by atoms with E-state index in [4.69, 9.17) is 9.73 Å². The van der Waals surface area contributed by atoms with Crippen molar-refractivity contribution in [1.29, 1.82) is 0 Å². The van der Waals surface area contributed by atoms with E-state index >= 15 is 0 Å². The number of sulfonamides is 1. The Morgan fingerprint density at radius 1 is 1.20 bits per heavy atom. The number of aryl methyl sites for hydroxylation is 1. The van der Waals surface area contributed by atoms with Gasteiger partial charge in [-0.2, -0.15) is 4.31 Å². The Balaban J connectivity index is 0.00000450. The molecule has 172 valence electrons. The molecule has 0 aliphatic carbocycles. The molecule has 0 amide bonds.